The normalized spacial score (nSPS) is 30.9. The van der Waals surface area contributed by atoms with Crippen LogP contribution in [0.5, 0.6) is 0 Å². The van der Waals surface area contributed by atoms with Crippen molar-refractivity contribution in [2.45, 2.75) is 76.4 Å². The summed E-state index contributed by atoms with van der Waals surface area (Å²) in [5.74, 6) is 1.56. The predicted molar refractivity (Wildman–Crippen MR) is 99.6 cm³/mol. The second-order valence-corrected chi connectivity index (χ2v) is 9.11. The van der Waals surface area contributed by atoms with E-state index in [9.17, 15) is 22.8 Å². The standard InChI is InChI=1S/C20H32F3N3O2/c1-2-3-6-26(13-20(21,22)23)17(27)4-5-24-18(28)25-19-10-14-7-15(11-19)9-16(8-14)12-19/h14-16H,2-13H2,1H3,(H2,24,25,28). The van der Waals surface area contributed by atoms with Crippen LogP contribution in [0, 0.1) is 17.8 Å². The highest BCUT2D eigenvalue weighted by Crippen LogP contribution is 2.55. The van der Waals surface area contributed by atoms with Crippen molar-refractivity contribution in [1.29, 1.82) is 0 Å². The Kier molecular flexibility index (Phi) is 6.44. The van der Waals surface area contributed by atoms with E-state index in [-0.39, 0.29) is 31.1 Å². The van der Waals surface area contributed by atoms with Crippen LogP contribution < -0.4 is 10.6 Å². The van der Waals surface area contributed by atoms with E-state index in [1.165, 1.54) is 19.3 Å². The number of amides is 3. The van der Waals surface area contributed by atoms with Crippen LogP contribution in [0.25, 0.3) is 0 Å². The Bertz CT molecular complexity index is 544. The molecule has 0 spiro atoms. The zero-order valence-electron chi connectivity index (χ0n) is 16.6. The van der Waals surface area contributed by atoms with Crippen LogP contribution in [-0.2, 0) is 4.79 Å². The predicted octanol–water partition coefficient (Wildman–Crippen LogP) is 3.84. The molecule has 4 bridgehead atoms. The maximum absolute atomic E-state index is 12.7. The fourth-order valence-corrected chi connectivity index (χ4v) is 5.85. The van der Waals surface area contributed by atoms with Crippen molar-refractivity contribution in [1.82, 2.24) is 15.5 Å². The number of urea groups is 1. The van der Waals surface area contributed by atoms with Crippen molar-refractivity contribution >= 4 is 11.9 Å². The molecule has 0 radical (unpaired) electrons. The second kappa shape index (κ2) is 8.49. The third-order valence-corrected chi connectivity index (χ3v) is 6.55. The van der Waals surface area contributed by atoms with Crippen LogP contribution >= 0.6 is 0 Å². The molecule has 4 rings (SSSR count). The Morgan fingerprint density at radius 3 is 2.14 bits per heavy atom. The minimum absolute atomic E-state index is 0.0531. The van der Waals surface area contributed by atoms with E-state index in [1.807, 2.05) is 6.92 Å². The zero-order chi connectivity index (χ0) is 20.4. The molecular formula is C20H32F3N3O2. The van der Waals surface area contributed by atoms with E-state index >= 15 is 0 Å². The van der Waals surface area contributed by atoms with E-state index in [0.717, 1.165) is 24.2 Å². The quantitative estimate of drug-likeness (QED) is 0.647. The van der Waals surface area contributed by atoms with Gasteiger partial charge in [0.05, 0.1) is 0 Å². The third kappa shape index (κ3) is 5.54. The number of carbonyl (C=O) groups is 2. The van der Waals surface area contributed by atoms with Gasteiger partial charge in [0, 0.05) is 25.0 Å². The van der Waals surface area contributed by atoms with Crippen LogP contribution in [0.4, 0.5) is 18.0 Å². The SMILES string of the molecule is CCCCN(CC(F)(F)F)C(=O)CCNC(=O)NC12CC3CC(CC(C3)C1)C2. The number of alkyl halides is 3. The number of hydrogen-bond acceptors (Lipinski definition) is 2. The van der Waals surface area contributed by atoms with Gasteiger partial charge in [0.15, 0.2) is 0 Å². The van der Waals surface area contributed by atoms with Crippen molar-refractivity contribution in [3.05, 3.63) is 0 Å². The Morgan fingerprint density at radius 1 is 1.07 bits per heavy atom. The summed E-state index contributed by atoms with van der Waals surface area (Å²) in [7, 11) is 0. The van der Waals surface area contributed by atoms with Gasteiger partial charge in [-0.15, -0.1) is 0 Å². The molecule has 2 N–H and O–H groups in total. The van der Waals surface area contributed by atoms with Crippen LogP contribution in [-0.4, -0.2) is 48.2 Å². The van der Waals surface area contributed by atoms with E-state index in [2.05, 4.69) is 10.6 Å². The number of rotatable bonds is 8. The van der Waals surface area contributed by atoms with E-state index in [1.54, 1.807) is 0 Å². The van der Waals surface area contributed by atoms with Gasteiger partial charge >= 0.3 is 12.2 Å². The molecule has 28 heavy (non-hydrogen) atoms. The first-order chi connectivity index (χ1) is 13.2. The maximum atomic E-state index is 12.7. The fourth-order valence-electron chi connectivity index (χ4n) is 5.85. The van der Waals surface area contributed by atoms with Gasteiger partial charge < -0.3 is 15.5 Å². The maximum Gasteiger partial charge on any atom is 0.406 e. The molecule has 4 saturated carbocycles. The topological polar surface area (TPSA) is 61.4 Å². The number of unbranched alkanes of at least 4 members (excludes halogenated alkanes) is 1. The van der Waals surface area contributed by atoms with Gasteiger partial charge in [-0.05, 0) is 62.7 Å². The van der Waals surface area contributed by atoms with E-state index in [0.29, 0.717) is 30.6 Å². The summed E-state index contributed by atoms with van der Waals surface area (Å²) in [4.78, 5) is 25.4. The van der Waals surface area contributed by atoms with Gasteiger partial charge in [0.2, 0.25) is 5.91 Å². The van der Waals surface area contributed by atoms with E-state index < -0.39 is 18.6 Å². The van der Waals surface area contributed by atoms with Gasteiger partial charge in [-0.2, -0.15) is 13.2 Å². The van der Waals surface area contributed by atoms with Gasteiger partial charge in [-0.1, -0.05) is 13.3 Å². The molecule has 4 fully saturated rings. The zero-order valence-corrected chi connectivity index (χ0v) is 16.6. The highest BCUT2D eigenvalue weighted by atomic mass is 19.4. The molecule has 0 aliphatic heterocycles. The van der Waals surface area contributed by atoms with Crippen molar-refractivity contribution in [2.24, 2.45) is 17.8 Å². The highest BCUT2D eigenvalue weighted by Gasteiger charge is 2.51. The summed E-state index contributed by atoms with van der Waals surface area (Å²) in [5.41, 5.74) is -0.119. The average Bonchev–Trinajstić information content (AvgIpc) is 2.55. The molecule has 0 aromatic heterocycles. The Morgan fingerprint density at radius 2 is 1.64 bits per heavy atom. The van der Waals surface area contributed by atoms with Gasteiger partial charge in [0.1, 0.15) is 6.54 Å². The number of nitrogens with one attached hydrogen (secondary N) is 2. The number of nitrogens with zero attached hydrogens (tertiary/aromatic N) is 1. The molecule has 8 heteroatoms. The fraction of sp³-hybridized carbons (Fsp3) is 0.900. The molecule has 160 valence electrons. The Hall–Kier alpha value is -1.47. The molecule has 5 nitrogen and oxygen atoms in total. The first kappa shape index (κ1) is 21.2. The van der Waals surface area contributed by atoms with Gasteiger partial charge in [-0.25, -0.2) is 4.79 Å². The molecule has 0 heterocycles. The molecule has 0 atom stereocenters. The van der Waals surface area contributed by atoms with Gasteiger partial charge in [-0.3, -0.25) is 4.79 Å². The van der Waals surface area contributed by atoms with Crippen LogP contribution in [0.1, 0.15) is 64.7 Å². The summed E-state index contributed by atoms with van der Waals surface area (Å²) in [6, 6.07) is -0.300. The molecule has 0 aromatic carbocycles. The first-order valence-corrected chi connectivity index (χ1v) is 10.6. The Balaban J connectivity index is 1.43. The summed E-state index contributed by atoms with van der Waals surface area (Å²) >= 11 is 0. The van der Waals surface area contributed by atoms with Crippen molar-refractivity contribution in [2.75, 3.05) is 19.6 Å². The lowest BCUT2D eigenvalue weighted by atomic mass is 9.53. The minimum Gasteiger partial charge on any atom is -0.338 e. The smallest absolute Gasteiger partial charge is 0.338 e. The first-order valence-electron chi connectivity index (χ1n) is 10.6. The number of carbonyl (C=O) groups excluding carboxylic acids is 2. The number of hydrogen-bond donors (Lipinski definition) is 2. The van der Waals surface area contributed by atoms with Crippen molar-refractivity contribution in [3.63, 3.8) is 0 Å². The molecule has 4 aliphatic carbocycles. The minimum atomic E-state index is -4.41. The lowest BCUT2D eigenvalue weighted by Gasteiger charge is -2.56. The molecule has 0 saturated heterocycles. The molecule has 0 aromatic rings. The molecule has 4 aliphatic rings. The largest absolute Gasteiger partial charge is 0.406 e. The molecule has 0 unspecified atom stereocenters. The summed E-state index contributed by atoms with van der Waals surface area (Å²) < 4.78 is 38.1. The van der Waals surface area contributed by atoms with Crippen LogP contribution in [0.15, 0.2) is 0 Å². The average molecular weight is 403 g/mol. The lowest BCUT2D eigenvalue weighted by molar-refractivity contribution is -0.161. The second-order valence-electron chi connectivity index (χ2n) is 9.11. The van der Waals surface area contributed by atoms with Crippen molar-refractivity contribution in [3.8, 4) is 0 Å². The molecular weight excluding hydrogens is 371 g/mol. The summed E-state index contributed by atoms with van der Waals surface area (Å²) in [6.07, 6.45) is 3.65. The Labute approximate surface area is 164 Å². The van der Waals surface area contributed by atoms with Crippen LogP contribution in [0.2, 0.25) is 0 Å². The van der Waals surface area contributed by atoms with Gasteiger partial charge in [0.25, 0.3) is 0 Å². The number of halogens is 3. The molecule has 3 amide bonds. The summed E-state index contributed by atoms with van der Waals surface area (Å²) in [6.45, 7) is 0.781. The monoisotopic (exact) mass is 403 g/mol. The lowest BCUT2D eigenvalue weighted by Crippen LogP contribution is -2.61. The summed E-state index contributed by atoms with van der Waals surface area (Å²) in [5, 5.41) is 5.83. The van der Waals surface area contributed by atoms with Crippen LogP contribution in [0.3, 0.4) is 0 Å². The third-order valence-electron chi connectivity index (χ3n) is 6.55. The highest BCUT2D eigenvalue weighted by molar-refractivity contribution is 5.78. The van der Waals surface area contributed by atoms with Crippen molar-refractivity contribution < 1.29 is 22.8 Å². The van der Waals surface area contributed by atoms with E-state index in [4.69, 9.17) is 0 Å².